The second-order valence-corrected chi connectivity index (χ2v) is 7.58. The lowest BCUT2D eigenvalue weighted by Gasteiger charge is -2.24. The molecule has 0 radical (unpaired) electrons. The number of ketones is 2. The Morgan fingerprint density at radius 1 is 0.900 bits per heavy atom. The van der Waals surface area contributed by atoms with Gasteiger partial charge in [0.15, 0.2) is 11.6 Å². The van der Waals surface area contributed by atoms with Crippen molar-refractivity contribution in [3.63, 3.8) is 0 Å². The van der Waals surface area contributed by atoms with Gasteiger partial charge in [0.05, 0.1) is 23.1 Å². The Hall–Kier alpha value is -3.73. The van der Waals surface area contributed by atoms with E-state index in [2.05, 4.69) is 15.6 Å². The monoisotopic (exact) mass is 395 g/mol. The van der Waals surface area contributed by atoms with E-state index < -0.39 is 0 Å². The van der Waals surface area contributed by atoms with Gasteiger partial charge in [-0.1, -0.05) is 36.4 Å². The zero-order valence-corrected chi connectivity index (χ0v) is 16.4. The first-order valence-electron chi connectivity index (χ1n) is 10.2. The standard InChI is InChI=1S/C25H21N3O2/c29-22-11-6-10-19-23(22)24(20-9-4-5-14-26-20)28-18-13-12-17(15-21(18)27-19)25(30)16-7-2-1-3-8-16/h1-5,7-9,12-15,24,27-28H,6,10-11H2/t24-/m0/s1. The molecule has 30 heavy (non-hydrogen) atoms. The highest BCUT2D eigenvalue weighted by Gasteiger charge is 2.32. The first-order valence-corrected chi connectivity index (χ1v) is 10.2. The largest absolute Gasteiger partial charge is 0.371 e. The quantitative estimate of drug-likeness (QED) is 0.618. The summed E-state index contributed by atoms with van der Waals surface area (Å²) in [5.41, 5.74) is 5.37. The van der Waals surface area contributed by atoms with Crippen LogP contribution in [0.3, 0.4) is 0 Å². The molecule has 5 nitrogen and oxygen atoms in total. The fraction of sp³-hybridized carbons (Fsp3) is 0.160. The smallest absolute Gasteiger partial charge is 0.193 e. The molecule has 1 aliphatic carbocycles. The normalized spacial score (nSPS) is 17.9. The number of nitrogens with one attached hydrogen (secondary N) is 2. The van der Waals surface area contributed by atoms with Gasteiger partial charge >= 0.3 is 0 Å². The zero-order chi connectivity index (χ0) is 20.5. The number of anilines is 2. The number of hydrogen-bond acceptors (Lipinski definition) is 5. The van der Waals surface area contributed by atoms with Crippen molar-refractivity contribution in [3.05, 3.63) is 101 Å². The molecular weight excluding hydrogens is 374 g/mol. The van der Waals surface area contributed by atoms with Crippen LogP contribution < -0.4 is 10.6 Å². The van der Waals surface area contributed by atoms with Crippen molar-refractivity contribution < 1.29 is 9.59 Å². The van der Waals surface area contributed by atoms with E-state index in [-0.39, 0.29) is 17.6 Å². The van der Waals surface area contributed by atoms with Crippen LogP contribution in [-0.2, 0) is 4.79 Å². The van der Waals surface area contributed by atoms with Crippen LogP contribution in [0.2, 0.25) is 0 Å². The van der Waals surface area contributed by atoms with E-state index in [1.807, 2.05) is 66.7 Å². The van der Waals surface area contributed by atoms with Crippen molar-refractivity contribution in [3.8, 4) is 0 Å². The Morgan fingerprint density at radius 2 is 1.73 bits per heavy atom. The van der Waals surface area contributed by atoms with Gasteiger partial charge in [-0.25, -0.2) is 0 Å². The van der Waals surface area contributed by atoms with Crippen LogP contribution in [-0.4, -0.2) is 16.6 Å². The lowest BCUT2D eigenvalue weighted by molar-refractivity contribution is -0.116. The van der Waals surface area contributed by atoms with Gasteiger partial charge in [0.2, 0.25) is 0 Å². The number of fused-ring (bicyclic) bond motifs is 1. The maximum atomic E-state index is 12.9. The Kier molecular flexibility index (Phi) is 4.64. The maximum Gasteiger partial charge on any atom is 0.193 e. The maximum absolute atomic E-state index is 12.9. The molecule has 2 aromatic carbocycles. The Bertz CT molecular complexity index is 1150. The predicted octanol–water partition coefficient (Wildman–Crippen LogP) is 4.90. The number of aromatic nitrogens is 1. The van der Waals surface area contributed by atoms with Crippen LogP contribution in [0, 0.1) is 0 Å². The molecule has 2 heterocycles. The van der Waals surface area contributed by atoms with Crippen molar-refractivity contribution in [2.24, 2.45) is 0 Å². The summed E-state index contributed by atoms with van der Waals surface area (Å²) in [4.78, 5) is 30.3. The fourth-order valence-electron chi connectivity index (χ4n) is 4.16. The lowest BCUT2D eigenvalue weighted by Crippen LogP contribution is -2.24. The first kappa shape index (κ1) is 18.3. The average molecular weight is 395 g/mol. The zero-order valence-electron chi connectivity index (χ0n) is 16.4. The summed E-state index contributed by atoms with van der Waals surface area (Å²) in [7, 11) is 0. The third-order valence-electron chi connectivity index (χ3n) is 5.63. The number of Topliss-reactive ketones (excluding diaryl/α,β-unsaturated/α-hetero) is 1. The van der Waals surface area contributed by atoms with E-state index in [9.17, 15) is 9.59 Å². The first-order chi connectivity index (χ1) is 14.7. The molecule has 0 saturated heterocycles. The van der Waals surface area contributed by atoms with Crippen molar-refractivity contribution in [1.82, 2.24) is 4.98 Å². The van der Waals surface area contributed by atoms with Crippen molar-refractivity contribution in [2.45, 2.75) is 25.3 Å². The van der Waals surface area contributed by atoms with Gasteiger partial charge in [-0.2, -0.15) is 0 Å². The van der Waals surface area contributed by atoms with Gasteiger partial charge in [-0.15, -0.1) is 0 Å². The second kappa shape index (κ2) is 7.59. The minimum Gasteiger partial charge on any atom is -0.371 e. The second-order valence-electron chi connectivity index (χ2n) is 7.58. The number of carbonyl (C=O) groups is 2. The predicted molar refractivity (Wildman–Crippen MR) is 116 cm³/mol. The van der Waals surface area contributed by atoms with Crippen LogP contribution in [0.25, 0.3) is 0 Å². The minimum atomic E-state index is -0.321. The number of hydrogen-bond donors (Lipinski definition) is 2. The third-order valence-corrected chi connectivity index (χ3v) is 5.63. The van der Waals surface area contributed by atoms with Crippen molar-refractivity contribution in [2.75, 3.05) is 10.6 Å². The van der Waals surface area contributed by atoms with Gasteiger partial charge < -0.3 is 10.6 Å². The van der Waals surface area contributed by atoms with Crippen LogP contribution in [0.1, 0.15) is 46.9 Å². The van der Waals surface area contributed by atoms with Crippen molar-refractivity contribution in [1.29, 1.82) is 0 Å². The van der Waals surface area contributed by atoms with E-state index >= 15 is 0 Å². The topological polar surface area (TPSA) is 71.1 Å². The number of rotatable bonds is 3. The van der Waals surface area contributed by atoms with Gasteiger partial charge in [0.1, 0.15) is 0 Å². The molecule has 1 atom stereocenters. The third kappa shape index (κ3) is 3.28. The molecule has 0 spiro atoms. The molecule has 5 rings (SSSR count). The van der Waals surface area contributed by atoms with Gasteiger partial charge in [-0.05, 0) is 43.2 Å². The summed E-state index contributed by atoms with van der Waals surface area (Å²) in [5, 5.41) is 6.95. The molecule has 0 fully saturated rings. The van der Waals surface area contributed by atoms with Crippen LogP contribution in [0.15, 0.2) is 84.2 Å². The number of benzene rings is 2. The van der Waals surface area contributed by atoms with E-state index in [4.69, 9.17) is 0 Å². The Morgan fingerprint density at radius 3 is 2.53 bits per heavy atom. The number of pyridine rings is 1. The molecule has 1 aromatic heterocycles. The molecular formula is C25H21N3O2. The number of carbonyl (C=O) groups excluding carboxylic acids is 2. The highest BCUT2D eigenvalue weighted by molar-refractivity contribution is 6.10. The molecule has 5 heteroatoms. The summed E-state index contributed by atoms with van der Waals surface area (Å²) in [6.07, 6.45) is 3.89. The van der Waals surface area contributed by atoms with Gasteiger partial charge in [-0.3, -0.25) is 14.6 Å². The number of allylic oxidation sites excluding steroid dienone is 1. The Labute approximate surface area is 174 Å². The van der Waals surface area contributed by atoms with Gasteiger partial charge in [0, 0.05) is 35.0 Å². The lowest BCUT2D eigenvalue weighted by atomic mass is 9.88. The average Bonchev–Trinajstić information content (AvgIpc) is 2.96. The summed E-state index contributed by atoms with van der Waals surface area (Å²) in [5.74, 6) is 0.111. The molecule has 1 aliphatic heterocycles. The summed E-state index contributed by atoms with van der Waals surface area (Å²) >= 11 is 0. The Balaban J connectivity index is 1.58. The van der Waals surface area contributed by atoms with Gasteiger partial charge in [0.25, 0.3) is 0 Å². The number of nitrogens with zero attached hydrogens (tertiary/aromatic N) is 1. The molecule has 148 valence electrons. The molecule has 0 unspecified atom stereocenters. The van der Waals surface area contributed by atoms with E-state index in [1.54, 1.807) is 6.20 Å². The summed E-state index contributed by atoms with van der Waals surface area (Å²) in [6, 6.07) is 20.2. The molecule has 2 N–H and O–H groups in total. The van der Waals surface area contributed by atoms with E-state index in [0.29, 0.717) is 17.5 Å². The summed E-state index contributed by atoms with van der Waals surface area (Å²) < 4.78 is 0. The molecule has 3 aromatic rings. The summed E-state index contributed by atoms with van der Waals surface area (Å²) in [6.45, 7) is 0. The molecule has 0 saturated carbocycles. The minimum absolute atomic E-state index is 0.0281. The van der Waals surface area contributed by atoms with Crippen LogP contribution in [0.4, 0.5) is 11.4 Å². The van der Waals surface area contributed by atoms with Crippen LogP contribution >= 0.6 is 0 Å². The van der Waals surface area contributed by atoms with E-state index in [1.165, 1.54) is 0 Å². The van der Waals surface area contributed by atoms with Crippen molar-refractivity contribution >= 4 is 22.9 Å². The SMILES string of the molecule is O=C1CCCC2=C1[C@H](c1ccccn1)Nc1ccc(C(=O)c3ccccc3)cc1N2. The fourth-order valence-corrected chi connectivity index (χ4v) is 4.16. The highest BCUT2D eigenvalue weighted by atomic mass is 16.1. The molecule has 2 aliphatic rings. The molecule has 0 amide bonds. The van der Waals surface area contributed by atoms with Crippen LogP contribution in [0.5, 0.6) is 0 Å². The van der Waals surface area contributed by atoms with E-state index in [0.717, 1.165) is 41.2 Å². The highest BCUT2D eigenvalue weighted by Crippen LogP contribution is 2.40. The molecule has 0 bridgehead atoms.